The second-order valence-corrected chi connectivity index (χ2v) is 7.83. The molecule has 4 rings (SSSR count). The molecule has 0 aliphatic rings. The predicted octanol–water partition coefficient (Wildman–Crippen LogP) is 8.98. The van der Waals surface area contributed by atoms with Crippen molar-refractivity contribution in [2.45, 2.75) is 34.6 Å². The molecule has 3 aromatic carbocycles. The molecule has 0 fully saturated rings. The molecule has 2 N–H and O–H groups in total. The number of anilines is 2. The maximum absolute atomic E-state index is 12.7. The molecule has 0 unspecified atom stereocenters. The minimum absolute atomic E-state index is 0.179. The first kappa shape index (κ1) is 30.5. The van der Waals surface area contributed by atoms with Gasteiger partial charge in [0, 0.05) is 28.7 Å². The molecule has 2 amide bonds. The highest BCUT2D eigenvalue weighted by Crippen LogP contribution is 2.21. The van der Waals surface area contributed by atoms with Crippen molar-refractivity contribution in [1.82, 2.24) is 4.98 Å². The minimum atomic E-state index is -0.241. The summed E-state index contributed by atoms with van der Waals surface area (Å²) in [7, 11) is 0. The molecule has 0 bridgehead atoms. The third-order valence-electron chi connectivity index (χ3n) is 5.41. The van der Waals surface area contributed by atoms with E-state index >= 15 is 0 Å². The monoisotopic (exact) mass is 519 g/mol. The number of aromatic nitrogens is 1. The van der Waals surface area contributed by atoms with Crippen molar-refractivity contribution in [3.63, 3.8) is 0 Å². The lowest BCUT2D eigenvalue weighted by molar-refractivity contribution is 0.101. The van der Waals surface area contributed by atoms with Crippen LogP contribution in [0.1, 0.15) is 66.5 Å². The molecule has 0 aliphatic carbocycles. The number of carbonyl (C=O) groups is 2. The van der Waals surface area contributed by atoms with Crippen molar-refractivity contribution in [1.29, 1.82) is 0 Å². The largest absolute Gasteiger partial charge is 0.322 e. The Balaban J connectivity index is 0.00000127. The van der Waals surface area contributed by atoms with E-state index in [2.05, 4.69) is 22.2 Å². The fraction of sp³-hybridized carbons (Fsp3) is 0.147. The predicted molar refractivity (Wildman–Crippen MR) is 166 cm³/mol. The average molecular weight is 520 g/mol. The summed E-state index contributed by atoms with van der Waals surface area (Å²) >= 11 is 0. The van der Waals surface area contributed by atoms with Crippen LogP contribution in [0.2, 0.25) is 0 Å². The van der Waals surface area contributed by atoms with E-state index in [0.29, 0.717) is 22.5 Å². The van der Waals surface area contributed by atoms with E-state index in [4.69, 9.17) is 0 Å². The number of nitrogens with zero attached hydrogens (tertiary/aromatic N) is 1. The van der Waals surface area contributed by atoms with Gasteiger partial charge in [0.1, 0.15) is 0 Å². The van der Waals surface area contributed by atoms with Crippen molar-refractivity contribution >= 4 is 35.3 Å². The third kappa shape index (κ3) is 8.64. The van der Waals surface area contributed by atoms with E-state index in [1.165, 1.54) is 0 Å². The van der Waals surface area contributed by atoms with Crippen LogP contribution in [0.15, 0.2) is 104 Å². The molecule has 5 nitrogen and oxygen atoms in total. The number of rotatable bonds is 7. The van der Waals surface area contributed by atoms with E-state index in [1.807, 2.05) is 107 Å². The van der Waals surface area contributed by atoms with Gasteiger partial charge in [0.15, 0.2) is 0 Å². The Labute approximate surface area is 232 Å². The van der Waals surface area contributed by atoms with Gasteiger partial charge in [-0.1, -0.05) is 88.9 Å². The number of nitrogens with one attached hydrogen (secondary N) is 2. The Morgan fingerprint density at radius 2 is 1.33 bits per heavy atom. The molecule has 0 spiro atoms. The van der Waals surface area contributed by atoms with E-state index in [-0.39, 0.29) is 11.8 Å². The Kier molecular flexibility index (Phi) is 12.6. The van der Waals surface area contributed by atoms with Crippen LogP contribution < -0.4 is 10.6 Å². The number of carbonyl (C=O) groups excluding carboxylic acids is 2. The maximum Gasteiger partial charge on any atom is 0.257 e. The SMILES string of the molecule is C=Cc1ccc(NC(=O)c2ccc(-c3ccc(C(=O)Nc4ccccc4)cc3)nc2)cc1/C=C\C.CC.CC. The molecule has 5 heteroatoms. The third-order valence-corrected chi connectivity index (χ3v) is 5.41. The topological polar surface area (TPSA) is 71.1 Å². The highest BCUT2D eigenvalue weighted by atomic mass is 16.2. The zero-order chi connectivity index (χ0) is 28.6. The number of benzene rings is 3. The zero-order valence-electron chi connectivity index (χ0n) is 23.4. The first-order valence-electron chi connectivity index (χ1n) is 13.2. The molecular formula is C34H37N3O2. The number of amides is 2. The van der Waals surface area contributed by atoms with Crippen LogP contribution in [0.4, 0.5) is 11.4 Å². The van der Waals surface area contributed by atoms with Crippen molar-refractivity contribution in [3.8, 4) is 11.3 Å². The van der Waals surface area contributed by atoms with Crippen LogP contribution in [0.5, 0.6) is 0 Å². The molecule has 1 heterocycles. The smallest absolute Gasteiger partial charge is 0.257 e. The van der Waals surface area contributed by atoms with Gasteiger partial charge in [0.2, 0.25) is 0 Å². The normalized spacial score (nSPS) is 9.87. The number of allylic oxidation sites excluding steroid dienone is 1. The molecule has 0 saturated heterocycles. The van der Waals surface area contributed by atoms with Crippen LogP contribution in [-0.4, -0.2) is 16.8 Å². The minimum Gasteiger partial charge on any atom is -0.322 e. The van der Waals surface area contributed by atoms with Gasteiger partial charge >= 0.3 is 0 Å². The van der Waals surface area contributed by atoms with Crippen LogP contribution in [0, 0.1) is 0 Å². The first-order valence-corrected chi connectivity index (χ1v) is 13.2. The summed E-state index contributed by atoms with van der Waals surface area (Å²) in [5.74, 6) is -0.420. The second-order valence-electron chi connectivity index (χ2n) is 7.83. The van der Waals surface area contributed by atoms with Gasteiger partial charge in [-0.15, -0.1) is 0 Å². The van der Waals surface area contributed by atoms with Crippen LogP contribution in [0.3, 0.4) is 0 Å². The average Bonchev–Trinajstić information content (AvgIpc) is 3.00. The quantitative estimate of drug-likeness (QED) is 0.256. The van der Waals surface area contributed by atoms with Crippen LogP contribution in [-0.2, 0) is 0 Å². The van der Waals surface area contributed by atoms with Gasteiger partial charge in [0.25, 0.3) is 11.8 Å². The number of hydrogen-bond donors (Lipinski definition) is 2. The van der Waals surface area contributed by atoms with E-state index in [0.717, 1.165) is 22.4 Å². The van der Waals surface area contributed by atoms with Gasteiger partial charge in [0.05, 0.1) is 11.3 Å². The van der Waals surface area contributed by atoms with Crippen LogP contribution in [0.25, 0.3) is 23.4 Å². The number of para-hydroxylation sites is 1. The molecule has 0 radical (unpaired) electrons. The fourth-order valence-corrected chi connectivity index (χ4v) is 3.58. The van der Waals surface area contributed by atoms with E-state index < -0.39 is 0 Å². The van der Waals surface area contributed by atoms with Gasteiger partial charge in [-0.2, -0.15) is 0 Å². The summed E-state index contributed by atoms with van der Waals surface area (Å²) in [5, 5.41) is 5.78. The highest BCUT2D eigenvalue weighted by Gasteiger charge is 2.10. The van der Waals surface area contributed by atoms with E-state index in [1.54, 1.807) is 36.5 Å². The van der Waals surface area contributed by atoms with Gasteiger partial charge in [-0.25, -0.2) is 0 Å². The van der Waals surface area contributed by atoms with Crippen molar-refractivity contribution in [3.05, 3.63) is 126 Å². The molecule has 39 heavy (non-hydrogen) atoms. The molecule has 200 valence electrons. The molecule has 4 aromatic rings. The fourth-order valence-electron chi connectivity index (χ4n) is 3.58. The number of hydrogen-bond acceptors (Lipinski definition) is 3. The molecule has 0 saturated carbocycles. The van der Waals surface area contributed by atoms with Crippen molar-refractivity contribution in [2.24, 2.45) is 0 Å². The summed E-state index contributed by atoms with van der Waals surface area (Å²) in [4.78, 5) is 29.6. The summed E-state index contributed by atoms with van der Waals surface area (Å²) in [5.41, 5.74) is 5.98. The summed E-state index contributed by atoms with van der Waals surface area (Å²) < 4.78 is 0. The summed E-state index contributed by atoms with van der Waals surface area (Å²) in [6.45, 7) is 13.8. The van der Waals surface area contributed by atoms with Crippen molar-refractivity contribution in [2.75, 3.05) is 10.6 Å². The molecule has 0 atom stereocenters. The van der Waals surface area contributed by atoms with Gasteiger partial charge in [-0.3, -0.25) is 14.6 Å². The van der Waals surface area contributed by atoms with Gasteiger partial charge in [-0.05, 0) is 66.6 Å². The zero-order valence-corrected chi connectivity index (χ0v) is 23.4. The van der Waals surface area contributed by atoms with Crippen LogP contribution >= 0.6 is 0 Å². The molecular weight excluding hydrogens is 482 g/mol. The second kappa shape index (κ2) is 16.2. The maximum atomic E-state index is 12.7. The Hall–Kier alpha value is -4.77. The van der Waals surface area contributed by atoms with Gasteiger partial charge < -0.3 is 10.6 Å². The first-order chi connectivity index (χ1) is 19.1. The summed E-state index contributed by atoms with van der Waals surface area (Å²) in [6, 6.07) is 25.7. The lowest BCUT2D eigenvalue weighted by Gasteiger charge is -2.09. The molecule has 1 aromatic heterocycles. The Bertz CT molecular complexity index is 1370. The van der Waals surface area contributed by atoms with Crippen molar-refractivity contribution < 1.29 is 9.59 Å². The standard InChI is InChI=1S/C30H25N3O2.2C2H6/c1-3-8-24-19-27(17-15-21(24)4-2)33-30(35)25-16-18-28(31-20-25)22-11-13-23(14-12-22)29(34)32-26-9-6-5-7-10-26;2*1-2/h3-20H,2H2,1H3,(H,32,34)(H,33,35);2*1-2H3/b8-3-;;. The molecule has 0 aliphatic heterocycles. The lowest BCUT2D eigenvalue weighted by atomic mass is 10.1. The highest BCUT2D eigenvalue weighted by molar-refractivity contribution is 6.05. The lowest BCUT2D eigenvalue weighted by Crippen LogP contribution is -2.12. The van der Waals surface area contributed by atoms with E-state index in [9.17, 15) is 9.59 Å². The Morgan fingerprint density at radius 1 is 0.718 bits per heavy atom. The number of pyridine rings is 1. The summed E-state index contributed by atoms with van der Waals surface area (Å²) in [6.07, 6.45) is 7.25. The Morgan fingerprint density at radius 3 is 1.92 bits per heavy atom.